The van der Waals surface area contributed by atoms with Gasteiger partial charge in [-0.1, -0.05) is 42.1 Å². The second-order valence-electron chi connectivity index (χ2n) is 5.96. The fraction of sp³-hybridized carbons (Fsp3) is 0.200. The van der Waals surface area contributed by atoms with E-state index in [1.54, 1.807) is 25.7 Å². The Balaban J connectivity index is 1.52. The molecule has 0 aliphatic heterocycles. The zero-order valence-corrected chi connectivity index (χ0v) is 16.2. The van der Waals surface area contributed by atoms with Crippen LogP contribution in [0.25, 0.3) is 22.7 Å². The number of thioether (sulfide) groups is 1. The highest BCUT2D eigenvalue weighted by Crippen LogP contribution is 2.27. The average molecular weight is 393 g/mol. The van der Waals surface area contributed by atoms with Crippen molar-refractivity contribution in [2.45, 2.75) is 17.5 Å². The molecule has 8 heteroatoms. The van der Waals surface area contributed by atoms with Gasteiger partial charge in [-0.25, -0.2) is 4.98 Å². The Labute approximate surface area is 166 Å². The van der Waals surface area contributed by atoms with E-state index < -0.39 is 0 Å². The highest BCUT2D eigenvalue weighted by molar-refractivity contribution is 7.98. The minimum atomic E-state index is 0.564. The van der Waals surface area contributed by atoms with Gasteiger partial charge in [0.1, 0.15) is 0 Å². The number of rotatable bonds is 8. The third kappa shape index (κ3) is 4.13. The third-order valence-corrected chi connectivity index (χ3v) is 5.06. The molecule has 3 aromatic heterocycles. The van der Waals surface area contributed by atoms with Crippen LogP contribution in [0.15, 0.2) is 70.6 Å². The number of aromatic nitrogens is 5. The minimum Gasteiger partial charge on any atom is -0.440 e. The van der Waals surface area contributed by atoms with Gasteiger partial charge < -0.3 is 9.15 Å². The van der Waals surface area contributed by atoms with Crippen molar-refractivity contribution in [2.24, 2.45) is 0 Å². The monoisotopic (exact) mass is 393 g/mol. The molecule has 0 bridgehead atoms. The molecule has 0 N–H and O–H groups in total. The third-order valence-electron chi connectivity index (χ3n) is 4.11. The van der Waals surface area contributed by atoms with Crippen LogP contribution in [0.2, 0.25) is 0 Å². The Morgan fingerprint density at radius 2 is 1.86 bits per heavy atom. The molecule has 0 amide bonds. The van der Waals surface area contributed by atoms with E-state index in [1.165, 1.54) is 11.8 Å². The van der Waals surface area contributed by atoms with Crippen LogP contribution in [0.3, 0.4) is 0 Å². The maximum absolute atomic E-state index is 5.88. The van der Waals surface area contributed by atoms with Gasteiger partial charge in [-0.3, -0.25) is 9.55 Å². The van der Waals surface area contributed by atoms with Gasteiger partial charge in [0, 0.05) is 30.6 Å². The van der Waals surface area contributed by atoms with Crippen LogP contribution < -0.4 is 0 Å². The van der Waals surface area contributed by atoms with Gasteiger partial charge in [0.15, 0.2) is 16.7 Å². The van der Waals surface area contributed by atoms with Gasteiger partial charge in [-0.15, -0.1) is 10.2 Å². The van der Waals surface area contributed by atoms with E-state index in [-0.39, 0.29) is 0 Å². The molecule has 4 rings (SSSR count). The van der Waals surface area contributed by atoms with Crippen LogP contribution in [-0.2, 0) is 17.0 Å². The van der Waals surface area contributed by atoms with Gasteiger partial charge in [0.25, 0.3) is 0 Å². The smallest absolute Gasteiger partial charge is 0.205 e. The lowest BCUT2D eigenvalue weighted by Gasteiger charge is -2.09. The van der Waals surface area contributed by atoms with Crippen LogP contribution in [0.4, 0.5) is 0 Å². The lowest BCUT2D eigenvalue weighted by atomic mass is 10.2. The number of hydrogen-bond donors (Lipinski definition) is 0. The Morgan fingerprint density at radius 1 is 1.04 bits per heavy atom. The zero-order valence-electron chi connectivity index (χ0n) is 15.4. The highest BCUT2D eigenvalue weighted by Gasteiger charge is 2.15. The molecule has 0 aliphatic carbocycles. The summed E-state index contributed by atoms with van der Waals surface area (Å²) in [4.78, 5) is 8.45. The van der Waals surface area contributed by atoms with E-state index in [0.717, 1.165) is 27.9 Å². The predicted molar refractivity (Wildman–Crippen MR) is 107 cm³/mol. The van der Waals surface area contributed by atoms with Gasteiger partial charge in [-0.05, 0) is 12.1 Å². The first-order valence-electron chi connectivity index (χ1n) is 8.80. The first kappa shape index (κ1) is 18.4. The van der Waals surface area contributed by atoms with Crippen molar-refractivity contribution in [3.8, 4) is 22.7 Å². The van der Waals surface area contributed by atoms with Crippen molar-refractivity contribution in [1.29, 1.82) is 0 Å². The number of pyridine rings is 1. The summed E-state index contributed by atoms with van der Waals surface area (Å²) in [5, 5.41) is 9.51. The minimum absolute atomic E-state index is 0.564. The van der Waals surface area contributed by atoms with E-state index in [4.69, 9.17) is 9.15 Å². The zero-order chi connectivity index (χ0) is 19.2. The van der Waals surface area contributed by atoms with Crippen molar-refractivity contribution in [3.05, 3.63) is 66.9 Å². The molecule has 0 spiro atoms. The SMILES string of the molecule is COCCn1c(SCc2ncc(-c3ccccc3)o2)nnc1-c1ccncc1. The van der Waals surface area contributed by atoms with Crippen LogP contribution in [-0.4, -0.2) is 38.4 Å². The average Bonchev–Trinajstić information content (AvgIpc) is 3.39. The fourth-order valence-corrected chi connectivity index (χ4v) is 3.55. The predicted octanol–water partition coefficient (Wildman–Crippen LogP) is 3.93. The largest absolute Gasteiger partial charge is 0.440 e. The molecule has 0 aliphatic rings. The van der Waals surface area contributed by atoms with Gasteiger partial charge in [-0.2, -0.15) is 0 Å². The first-order valence-corrected chi connectivity index (χ1v) is 9.79. The summed E-state index contributed by atoms with van der Waals surface area (Å²) < 4.78 is 13.2. The van der Waals surface area contributed by atoms with E-state index in [0.29, 0.717) is 24.8 Å². The van der Waals surface area contributed by atoms with Crippen LogP contribution in [0.1, 0.15) is 5.89 Å². The maximum Gasteiger partial charge on any atom is 0.205 e. The van der Waals surface area contributed by atoms with Gasteiger partial charge in [0.2, 0.25) is 5.89 Å². The Morgan fingerprint density at radius 3 is 2.64 bits per heavy atom. The molecule has 7 nitrogen and oxygen atoms in total. The molecular weight excluding hydrogens is 374 g/mol. The Bertz CT molecular complexity index is 1020. The molecule has 0 saturated carbocycles. The molecule has 0 radical (unpaired) electrons. The van der Waals surface area contributed by atoms with Crippen molar-refractivity contribution in [1.82, 2.24) is 24.7 Å². The lowest BCUT2D eigenvalue weighted by molar-refractivity contribution is 0.185. The van der Waals surface area contributed by atoms with Crippen LogP contribution in [0.5, 0.6) is 0 Å². The summed E-state index contributed by atoms with van der Waals surface area (Å²) in [7, 11) is 1.68. The van der Waals surface area contributed by atoms with E-state index in [2.05, 4.69) is 20.2 Å². The standard InChI is InChI=1S/C20H19N5O2S/c1-26-12-11-25-19(16-7-9-21-10-8-16)23-24-20(25)28-14-18-22-13-17(27-18)15-5-3-2-4-6-15/h2-10,13H,11-12,14H2,1H3. The molecule has 0 saturated heterocycles. The van der Waals surface area contributed by atoms with E-state index >= 15 is 0 Å². The molecule has 28 heavy (non-hydrogen) atoms. The number of benzene rings is 1. The second-order valence-corrected chi connectivity index (χ2v) is 6.90. The second kappa shape index (κ2) is 8.81. The Hall–Kier alpha value is -2.97. The molecule has 0 unspecified atom stereocenters. The number of hydrogen-bond acceptors (Lipinski definition) is 7. The van der Waals surface area contributed by atoms with Crippen molar-refractivity contribution < 1.29 is 9.15 Å². The summed E-state index contributed by atoms with van der Waals surface area (Å²) in [5.74, 6) is 2.76. The van der Waals surface area contributed by atoms with E-state index in [1.807, 2.05) is 47.0 Å². The lowest BCUT2D eigenvalue weighted by Crippen LogP contribution is -2.07. The molecule has 142 valence electrons. The summed E-state index contributed by atoms with van der Waals surface area (Å²) in [6.45, 7) is 1.23. The quantitative estimate of drug-likeness (QED) is 0.420. The van der Waals surface area contributed by atoms with Gasteiger partial charge >= 0.3 is 0 Å². The molecule has 1 aromatic carbocycles. The Kier molecular flexibility index (Phi) is 5.79. The van der Waals surface area contributed by atoms with Crippen LogP contribution in [0, 0.1) is 0 Å². The summed E-state index contributed by atoms with van der Waals surface area (Å²) in [5.41, 5.74) is 1.97. The van der Waals surface area contributed by atoms with Gasteiger partial charge in [0.05, 0.1) is 25.1 Å². The number of ether oxygens (including phenoxy) is 1. The van der Waals surface area contributed by atoms with Crippen molar-refractivity contribution in [2.75, 3.05) is 13.7 Å². The molecule has 4 aromatic rings. The van der Waals surface area contributed by atoms with E-state index in [9.17, 15) is 0 Å². The summed E-state index contributed by atoms with van der Waals surface area (Å²) in [6.07, 6.45) is 5.24. The van der Waals surface area contributed by atoms with Crippen molar-refractivity contribution in [3.63, 3.8) is 0 Å². The fourth-order valence-electron chi connectivity index (χ4n) is 2.73. The highest BCUT2D eigenvalue weighted by atomic mass is 32.2. The number of nitrogens with zero attached hydrogens (tertiary/aromatic N) is 5. The maximum atomic E-state index is 5.88. The summed E-state index contributed by atoms with van der Waals surface area (Å²) in [6, 6.07) is 13.8. The van der Waals surface area contributed by atoms with Crippen LogP contribution >= 0.6 is 11.8 Å². The normalized spacial score (nSPS) is 11.0. The number of oxazole rings is 1. The molecular formula is C20H19N5O2S. The molecule has 0 fully saturated rings. The van der Waals surface area contributed by atoms with Crippen molar-refractivity contribution >= 4 is 11.8 Å². The molecule has 0 atom stereocenters. The molecule has 3 heterocycles. The first-order chi connectivity index (χ1) is 13.8. The number of methoxy groups -OCH3 is 1. The topological polar surface area (TPSA) is 78.9 Å². The summed E-state index contributed by atoms with van der Waals surface area (Å²) >= 11 is 1.54.